The lowest BCUT2D eigenvalue weighted by atomic mass is 10.3. The molecule has 1 atom stereocenters. The van der Waals surface area contributed by atoms with E-state index in [-0.39, 0.29) is 16.7 Å². The summed E-state index contributed by atoms with van der Waals surface area (Å²) < 4.78 is 38.3. The molecule has 85 valence electrons. The Hall–Kier alpha value is -0.880. The number of halogens is 4. The molecule has 1 radical (unpaired) electrons. The summed E-state index contributed by atoms with van der Waals surface area (Å²) in [5, 5.41) is -3.66. The van der Waals surface area contributed by atoms with Gasteiger partial charge in [0.25, 0.3) is 0 Å². The first-order valence-electron chi connectivity index (χ1n) is 4.20. The van der Waals surface area contributed by atoms with Crippen LogP contribution in [-0.4, -0.2) is 20.9 Å². The van der Waals surface area contributed by atoms with E-state index >= 15 is 0 Å². The molecule has 0 saturated carbocycles. The van der Waals surface area contributed by atoms with Crippen LogP contribution in [0.2, 0.25) is 0 Å². The molecule has 1 unspecified atom stereocenters. The number of fused-ring (bicyclic) bond motifs is 1. The van der Waals surface area contributed by atoms with Crippen LogP contribution < -0.4 is 0 Å². The molecule has 0 amide bonds. The van der Waals surface area contributed by atoms with Gasteiger partial charge in [-0.05, 0) is 30.0 Å². The maximum absolute atomic E-state index is 13.0. The predicted octanol–water partition coefficient (Wildman–Crippen LogP) is 3.58. The first kappa shape index (κ1) is 11.6. The van der Waals surface area contributed by atoms with Crippen molar-refractivity contribution >= 4 is 34.4 Å². The lowest BCUT2D eigenvalue weighted by Gasteiger charge is -2.14. The van der Waals surface area contributed by atoms with Crippen molar-refractivity contribution in [3.63, 3.8) is 0 Å². The minimum atomic E-state index is -3.66. The van der Waals surface area contributed by atoms with E-state index < -0.39 is 10.9 Å². The fraction of sp³-hybridized carbons (Fsp3) is 0.222. The first-order chi connectivity index (χ1) is 7.49. The molecule has 1 N–H and O–H groups in total. The van der Waals surface area contributed by atoms with Crippen LogP contribution in [0.5, 0.6) is 0 Å². The van der Waals surface area contributed by atoms with E-state index in [1.165, 1.54) is 12.1 Å². The lowest BCUT2D eigenvalue weighted by Crippen LogP contribution is -2.20. The summed E-state index contributed by atoms with van der Waals surface area (Å²) in [6, 6.07) is 4.42. The Morgan fingerprint density at radius 2 is 2.25 bits per heavy atom. The van der Waals surface area contributed by atoms with Gasteiger partial charge in [0.1, 0.15) is 0 Å². The molecular formula is C9H5ClF3N2S. The molecule has 16 heavy (non-hydrogen) atoms. The first-order valence-corrected chi connectivity index (χ1v) is 5.45. The van der Waals surface area contributed by atoms with Gasteiger partial charge in [0.15, 0.2) is 6.33 Å². The summed E-state index contributed by atoms with van der Waals surface area (Å²) in [6.45, 7) is 0. The number of aromatic nitrogens is 2. The molecule has 2 nitrogen and oxygen atoms in total. The second kappa shape index (κ2) is 4.18. The van der Waals surface area contributed by atoms with Gasteiger partial charge in [0, 0.05) is 4.90 Å². The quantitative estimate of drug-likeness (QED) is 0.679. The Morgan fingerprint density at radius 1 is 1.50 bits per heavy atom. The van der Waals surface area contributed by atoms with Crippen molar-refractivity contribution < 1.29 is 13.2 Å². The Labute approximate surface area is 98.2 Å². The number of benzene rings is 1. The number of aromatic amines is 1. The number of nitrogens with zero attached hydrogens (tertiary/aromatic N) is 1. The van der Waals surface area contributed by atoms with Crippen LogP contribution >= 0.6 is 23.4 Å². The van der Waals surface area contributed by atoms with E-state index in [2.05, 4.69) is 16.3 Å². The Balaban J connectivity index is 2.27. The van der Waals surface area contributed by atoms with Gasteiger partial charge in [0.2, 0.25) is 5.63 Å². The van der Waals surface area contributed by atoms with E-state index in [1.54, 1.807) is 6.07 Å². The summed E-state index contributed by atoms with van der Waals surface area (Å²) in [4.78, 5) is 6.68. The van der Waals surface area contributed by atoms with Gasteiger partial charge in [-0.3, -0.25) is 0 Å². The average Bonchev–Trinajstić information content (AvgIpc) is 2.63. The summed E-state index contributed by atoms with van der Waals surface area (Å²) in [5.74, 6) is 0. The predicted molar refractivity (Wildman–Crippen MR) is 56.5 cm³/mol. The van der Waals surface area contributed by atoms with Crippen LogP contribution in [-0.2, 0) is 0 Å². The number of imidazole rings is 1. The van der Waals surface area contributed by atoms with Crippen molar-refractivity contribution in [2.24, 2.45) is 0 Å². The zero-order chi connectivity index (χ0) is 11.8. The second-order valence-corrected chi connectivity index (χ2v) is 4.60. The van der Waals surface area contributed by atoms with E-state index in [0.717, 1.165) is 0 Å². The molecular weight excluding hydrogens is 261 g/mol. The highest BCUT2D eigenvalue weighted by atomic mass is 35.5. The molecule has 0 aliphatic carbocycles. The largest absolute Gasteiger partial charge is 0.342 e. The van der Waals surface area contributed by atoms with Gasteiger partial charge in [-0.15, -0.1) is 0 Å². The fourth-order valence-electron chi connectivity index (χ4n) is 1.12. The minimum absolute atomic E-state index is 0.0642. The summed E-state index contributed by atoms with van der Waals surface area (Å²) >= 11 is 4.82. The third kappa shape index (κ3) is 2.27. The molecule has 1 aromatic heterocycles. The van der Waals surface area contributed by atoms with Gasteiger partial charge >= 0.3 is 5.25 Å². The van der Waals surface area contributed by atoms with Gasteiger partial charge in [-0.25, -0.2) is 9.37 Å². The van der Waals surface area contributed by atoms with E-state index in [1.807, 2.05) is 0 Å². The van der Waals surface area contributed by atoms with Crippen LogP contribution in [0.25, 0.3) is 11.0 Å². The molecule has 1 heterocycles. The monoisotopic (exact) mass is 265 g/mol. The number of rotatable bonds is 3. The van der Waals surface area contributed by atoms with Gasteiger partial charge in [-0.2, -0.15) is 8.78 Å². The third-order valence-electron chi connectivity index (χ3n) is 1.84. The van der Waals surface area contributed by atoms with Crippen molar-refractivity contribution in [1.82, 2.24) is 9.97 Å². The van der Waals surface area contributed by atoms with Crippen molar-refractivity contribution in [2.75, 3.05) is 0 Å². The van der Waals surface area contributed by atoms with Crippen molar-refractivity contribution in [2.45, 2.75) is 15.8 Å². The van der Waals surface area contributed by atoms with Gasteiger partial charge in [-0.1, -0.05) is 11.6 Å². The number of H-pyrrole nitrogens is 1. The molecule has 0 spiro atoms. The van der Waals surface area contributed by atoms with E-state index in [4.69, 9.17) is 11.6 Å². The summed E-state index contributed by atoms with van der Waals surface area (Å²) in [6.07, 6.45) is 2.48. The van der Waals surface area contributed by atoms with E-state index in [9.17, 15) is 13.2 Å². The molecule has 0 bridgehead atoms. The molecule has 7 heteroatoms. The summed E-state index contributed by atoms with van der Waals surface area (Å²) in [5.41, 5.74) is -1.56. The molecule has 0 fully saturated rings. The summed E-state index contributed by atoms with van der Waals surface area (Å²) in [7, 11) is 0. The second-order valence-electron chi connectivity index (χ2n) is 2.99. The molecule has 1 aromatic carbocycles. The van der Waals surface area contributed by atoms with Crippen molar-refractivity contribution in [3.8, 4) is 0 Å². The Bertz CT molecular complexity index is 500. The number of thioether (sulfide) groups is 1. The van der Waals surface area contributed by atoms with Crippen LogP contribution in [0.15, 0.2) is 23.1 Å². The van der Waals surface area contributed by atoms with Crippen molar-refractivity contribution in [3.05, 3.63) is 24.5 Å². The van der Waals surface area contributed by atoms with E-state index in [0.29, 0.717) is 11.0 Å². The number of nitrogens with one attached hydrogen (secondary N) is 1. The highest BCUT2D eigenvalue weighted by Crippen LogP contribution is 2.41. The fourth-order valence-corrected chi connectivity index (χ4v) is 1.97. The topological polar surface area (TPSA) is 28.7 Å². The zero-order valence-corrected chi connectivity index (χ0v) is 9.25. The number of hydrogen-bond donors (Lipinski definition) is 1. The smallest absolute Gasteiger partial charge is 0.335 e. The number of hydrogen-bond acceptors (Lipinski definition) is 2. The van der Waals surface area contributed by atoms with Crippen LogP contribution in [0.4, 0.5) is 13.2 Å². The van der Waals surface area contributed by atoms with Crippen LogP contribution in [0, 0.1) is 6.33 Å². The van der Waals surface area contributed by atoms with Gasteiger partial charge in [0.05, 0.1) is 11.0 Å². The van der Waals surface area contributed by atoms with Crippen LogP contribution in [0.1, 0.15) is 0 Å². The average molecular weight is 266 g/mol. The molecule has 0 saturated heterocycles. The van der Waals surface area contributed by atoms with Crippen molar-refractivity contribution in [1.29, 1.82) is 0 Å². The lowest BCUT2D eigenvalue weighted by molar-refractivity contribution is 0.0537. The standard InChI is InChI=1S/C9H5ClF3N2S/c10-8(11)9(12,13)16-5-1-2-6-7(3-5)15-4-14-6/h1-3,8H,(H,14,15). The SMILES string of the molecule is FC(Cl)C(F)(F)Sc1ccc2[nH][c]nc2c1. The highest BCUT2D eigenvalue weighted by Gasteiger charge is 2.40. The molecule has 2 aromatic rings. The number of alkyl halides is 4. The Kier molecular flexibility index (Phi) is 3.03. The van der Waals surface area contributed by atoms with Gasteiger partial charge < -0.3 is 4.98 Å². The molecule has 0 aliphatic rings. The Morgan fingerprint density at radius 3 is 2.94 bits per heavy atom. The molecule has 2 rings (SSSR count). The maximum atomic E-state index is 13.0. The van der Waals surface area contributed by atoms with Crippen LogP contribution in [0.3, 0.4) is 0 Å². The molecule has 0 aliphatic heterocycles. The highest BCUT2D eigenvalue weighted by molar-refractivity contribution is 8.00. The maximum Gasteiger partial charge on any atom is 0.342 e. The third-order valence-corrected chi connectivity index (χ3v) is 3.22. The zero-order valence-electron chi connectivity index (χ0n) is 7.68. The normalized spacial score (nSPS) is 14.2. The minimum Gasteiger partial charge on any atom is -0.335 e.